The largest absolute Gasteiger partial charge is 0.463 e. The predicted molar refractivity (Wildman–Crippen MR) is 146 cm³/mol. The van der Waals surface area contributed by atoms with E-state index in [1.807, 2.05) is 56.3 Å². The molecule has 0 unspecified atom stereocenters. The first-order valence-electron chi connectivity index (χ1n) is 13.0. The molecule has 0 amide bonds. The topological polar surface area (TPSA) is 114 Å². The Morgan fingerprint density at radius 1 is 0.775 bits per heavy atom. The lowest BCUT2D eigenvalue weighted by atomic mass is 9.88. The van der Waals surface area contributed by atoms with Gasteiger partial charge >= 0.3 is 23.9 Å². The van der Waals surface area contributed by atoms with E-state index in [0.29, 0.717) is 12.0 Å². The highest BCUT2D eigenvalue weighted by Crippen LogP contribution is 2.38. The molecule has 1 saturated heterocycles. The van der Waals surface area contributed by atoms with Crippen LogP contribution >= 0.6 is 0 Å². The van der Waals surface area contributed by atoms with Gasteiger partial charge in [0.25, 0.3) is 0 Å². The molecule has 0 radical (unpaired) electrons. The van der Waals surface area contributed by atoms with Crippen molar-refractivity contribution in [1.82, 2.24) is 0 Å². The Hall–Kier alpha value is -3.98. The summed E-state index contributed by atoms with van der Waals surface area (Å²) in [5, 5.41) is 0. The SMILES string of the molecule is C=C(C)c1ccc(Cc2cc([C@@H]3O[C@H](COC(C)=O)[C@@H](OC(C)=O)[C@H](OC(C)=O)[C@H]3OC(C)=O)ccc2C)cc1. The van der Waals surface area contributed by atoms with Crippen LogP contribution in [0.25, 0.3) is 5.57 Å². The number of rotatable bonds is 9. The average Bonchev–Trinajstić information content (AvgIpc) is 2.86. The minimum absolute atomic E-state index is 0.276. The zero-order valence-electron chi connectivity index (χ0n) is 23.7. The second-order valence-corrected chi connectivity index (χ2v) is 9.96. The minimum atomic E-state index is -1.22. The summed E-state index contributed by atoms with van der Waals surface area (Å²) in [6.07, 6.45) is -4.87. The monoisotopic (exact) mass is 552 g/mol. The number of hydrogen-bond donors (Lipinski definition) is 0. The van der Waals surface area contributed by atoms with E-state index in [2.05, 4.69) is 6.58 Å². The van der Waals surface area contributed by atoms with Crippen LogP contribution in [-0.2, 0) is 49.3 Å². The fraction of sp³-hybridized carbons (Fsp3) is 0.419. The molecule has 0 N–H and O–H groups in total. The molecule has 1 aliphatic rings. The lowest BCUT2D eigenvalue weighted by Gasteiger charge is -2.44. The maximum Gasteiger partial charge on any atom is 0.303 e. The van der Waals surface area contributed by atoms with E-state index in [1.54, 1.807) is 0 Å². The summed E-state index contributed by atoms with van der Waals surface area (Å²) in [4.78, 5) is 47.9. The van der Waals surface area contributed by atoms with Gasteiger partial charge in [-0.3, -0.25) is 19.2 Å². The second kappa shape index (κ2) is 13.4. The van der Waals surface area contributed by atoms with Gasteiger partial charge in [-0.25, -0.2) is 0 Å². The number of ether oxygens (including phenoxy) is 5. The Balaban J connectivity index is 2.05. The first kappa shape index (κ1) is 30.6. The molecule has 5 atom stereocenters. The van der Waals surface area contributed by atoms with Gasteiger partial charge in [0.15, 0.2) is 18.3 Å². The average molecular weight is 553 g/mol. The van der Waals surface area contributed by atoms with Crippen LogP contribution in [0.1, 0.15) is 68.5 Å². The first-order chi connectivity index (χ1) is 18.8. The molecule has 0 bridgehead atoms. The maximum absolute atomic E-state index is 12.2. The Kier molecular flexibility index (Phi) is 10.2. The van der Waals surface area contributed by atoms with Gasteiger partial charge < -0.3 is 23.7 Å². The molecule has 9 nitrogen and oxygen atoms in total. The smallest absolute Gasteiger partial charge is 0.303 e. The normalized spacial score (nSPS) is 22.1. The predicted octanol–water partition coefficient (Wildman–Crippen LogP) is 4.42. The zero-order chi connectivity index (χ0) is 29.6. The molecule has 0 aliphatic carbocycles. The van der Waals surface area contributed by atoms with Crippen molar-refractivity contribution in [3.63, 3.8) is 0 Å². The van der Waals surface area contributed by atoms with Gasteiger partial charge in [0, 0.05) is 27.7 Å². The van der Waals surface area contributed by atoms with Crippen molar-refractivity contribution in [3.05, 3.63) is 76.9 Å². The van der Waals surface area contributed by atoms with Gasteiger partial charge in [-0.05, 0) is 48.1 Å². The van der Waals surface area contributed by atoms with E-state index in [0.717, 1.165) is 27.8 Å². The number of carbonyl (C=O) groups is 4. The number of allylic oxidation sites excluding steroid dienone is 1. The molecule has 1 aliphatic heterocycles. The van der Waals surface area contributed by atoms with Gasteiger partial charge in [0.2, 0.25) is 0 Å². The summed E-state index contributed by atoms with van der Waals surface area (Å²) in [7, 11) is 0. The van der Waals surface area contributed by atoms with Crippen LogP contribution < -0.4 is 0 Å². The Bertz CT molecular complexity index is 1260. The summed E-state index contributed by atoms with van der Waals surface area (Å²) in [6, 6.07) is 13.9. The molecule has 2 aromatic carbocycles. The number of carbonyl (C=O) groups excluding carboxylic acids is 4. The van der Waals surface area contributed by atoms with E-state index in [4.69, 9.17) is 23.7 Å². The summed E-state index contributed by atoms with van der Waals surface area (Å²) in [5.74, 6) is -2.55. The molecular weight excluding hydrogens is 516 g/mol. The Morgan fingerprint density at radius 2 is 1.35 bits per heavy atom. The molecule has 40 heavy (non-hydrogen) atoms. The number of esters is 4. The van der Waals surface area contributed by atoms with E-state index >= 15 is 0 Å². The Labute approximate surface area is 234 Å². The van der Waals surface area contributed by atoms with Gasteiger partial charge in [0.1, 0.15) is 18.8 Å². The molecule has 1 heterocycles. The molecule has 0 saturated carbocycles. The number of benzene rings is 2. The van der Waals surface area contributed by atoms with Crippen LogP contribution in [0, 0.1) is 6.92 Å². The highest BCUT2D eigenvalue weighted by Gasteiger charge is 2.52. The molecule has 214 valence electrons. The molecule has 3 rings (SSSR count). The summed E-state index contributed by atoms with van der Waals surface area (Å²) in [5.41, 5.74) is 5.83. The molecular formula is C31H36O9. The van der Waals surface area contributed by atoms with Crippen LogP contribution in [0.3, 0.4) is 0 Å². The zero-order valence-corrected chi connectivity index (χ0v) is 23.7. The van der Waals surface area contributed by atoms with Crippen molar-refractivity contribution in [2.45, 2.75) is 78.5 Å². The highest BCUT2D eigenvalue weighted by molar-refractivity contribution is 5.69. The summed E-state index contributed by atoms with van der Waals surface area (Å²) in [6.45, 7) is 12.5. The maximum atomic E-state index is 12.2. The fourth-order valence-corrected chi connectivity index (χ4v) is 4.68. The van der Waals surface area contributed by atoms with Crippen LogP contribution in [0.2, 0.25) is 0 Å². The quantitative estimate of drug-likeness (QED) is 0.329. The van der Waals surface area contributed by atoms with Crippen LogP contribution in [-0.4, -0.2) is 54.9 Å². The van der Waals surface area contributed by atoms with Crippen molar-refractivity contribution in [3.8, 4) is 0 Å². The summed E-state index contributed by atoms with van der Waals surface area (Å²) >= 11 is 0. The van der Waals surface area contributed by atoms with E-state index in [9.17, 15) is 19.2 Å². The standard InChI is InChI=1S/C31H36O9/c1-17(2)24-12-9-23(10-13-24)14-26-15-25(11-8-18(26)3)28-30(38-21(6)34)31(39-22(7)35)29(37-20(5)33)27(40-28)16-36-19(4)32/h8-13,15,27-31H,1,14,16H2,2-7H3/t27-,28+,29-,30+,31+/m1/s1. The molecule has 2 aromatic rings. The van der Waals surface area contributed by atoms with Crippen molar-refractivity contribution >= 4 is 29.5 Å². The number of aryl methyl sites for hydroxylation is 1. The highest BCUT2D eigenvalue weighted by atomic mass is 16.7. The Morgan fingerprint density at radius 3 is 1.90 bits per heavy atom. The van der Waals surface area contributed by atoms with Crippen molar-refractivity contribution in [1.29, 1.82) is 0 Å². The van der Waals surface area contributed by atoms with Crippen LogP contribution in [0.15, 0.2) is 49.0 Å². The van der Waals surface area contributed by atoms with Crippen molar-refractivity contribution < 1.29 is 42.9 Å². The fourth-order valence-electron chi connectivity index (χ4n) is 4.68. The van der Waals surface area contributed by atoms with Gasteiger partial charge in [-0.15, -0.1) is 0 Å². The number of hydrogen-bond acceptors (Lipinski definition) is 9. The molecule has 0 spiro atoms. The van der Waals surface area contributed by atoms with Crippen LogP contribution in [0.4, 0.5) is 0 Å². The second-order valence-electron chi connectivity index (χ2n) is 9.96. The van der Waals surface area contributed by atoms with Gasteiger partial charge in [0.05, 0.1) is 0 Å². The lowest BCUT2D eigenvalue weighted by Crippen LogP contribution is -2.59. The molecule has 1 fully saturated rings. The van der Waals surface area contributed by atoms with Crippen LogP contribution in [0.5, 0.6) is 0 Å². The van der Waals surface area contributed by atoms with E-state index in [1.165, 1.54) is 27.7 Å². The van der Waals surface area contributed by atoms with Gasteiger partial charge in [-0.1, -0.05) is 54.6 Å². The first-order valence-corrected chi connectivity index (χ1v) is 13.0. The van der Waals surface area contributed by atoms with E-state index in [-0.39, 0.29) is 6.61 Å². The molecule has 9 heteroatoms. The third kappa shape index (κ3) is 8.02. The van der Waals surface area contributed by atoms with Gasteiger partial charge in [-0.2, -0.15) is 0 Å². The van der Waals surface area contributed by atoms with Crippen molar-refractivity contribution in [2.24, 2.45) is 0 Å². The lowest BCUT2D eigenvalue weighted by molar-refractivity contribution is -0.254. The minimum Gasteiger partial charge on any atom is -0.463 e. The van der Waals surface area contributed by atoms with E-state index < -0.39 is 54.4 Å². The molecule has 0 aromatic heterocycles. The third-order valence-corrected chi connectivity index (χ3v) is 6.53. The summed E-state index contributed by atoms with van der Waals surface area (Å²) < 4.78 is 28.2. The van der Waals surface area contributed by atoms with Crippen molar-refractivity contribution in [2.75, 3.05) is 6.61 Å². The third-order valence-electron chi connectivity index (χ3n) is 6.53.